The van der Waals surface area contributed by atoms with Crippen LogP contribution >= 0.6 is 25.0 Å². The molecule has 0 aromatic heterocycles. The maximum absolute atomic E-state index is 13.3. The van der Waals surface area contributed by atoms with E-state index >= 15 is 0 Å². The lowest BCUT2D eigenvalue weighted by Crippen LogP contribution is -2.20. The van der Waals surface area contributed by atoms with Crippen molar-refractivity contribution in [2.24, 2.45) is 0 Å². The molecule has 0 bridgehead atoms. The molecule has 0 fully saturated rings. The Morgan fingerprint density at radius 2 is 1.44 bits per heavy atom. The Labute approximate surface area is 59.6 Å². The van der Waals surface area contributed by atoms with Gasteiger partial charge in [0.15, 0.2) is 0 Å². The molecule has 0 rings (SSSR count). The van der Waals surface area contributed by atoms with Gasteiger partial charge in [-0.1, -0.05) is 38.9 Å². The second kappa shape index (κ2) is 1.65. The summed E-state index contributed by atoms with van der Waals surface area (Å²) >= 11 is 0. The lowest BCUT2D eigenvalue weighted by molar-refractivity contribution is 0.726. The predicted octanol–water partition coefficient (Wildman–Crippen LogP) is 2.17. The maximum atomic E-state index is 13.3. The van der Waals surface area contributed by atoms with Crippen LogP contribution in [-0.4, -0.2) is 12.4 Å². The summed E-state index contributed by atoms with van der Waals surface area (Å²) in [5.41, 5.74) is 0. The van der Waals surface area contributed by atoms with E-state index in [1.807, 2.05) is 0 Å². The molecule has 0 aliphatic rings. The van der Waals surface area contributed by atoms with Crippen molar-refractivity contribution < 1.29 is 7.77 Å². The number of hydrogen-bond donors (Lipinski definition) is 0. The fourth-order valence-corrected chi connectivity index (χ4v) is 0. The van der Waals surface area contributed by atoms with Gasteiger partial charge in [-0.15, -0.1) is 0 Å². The topological polar surface area (TPSA) is 0 Å². The summed E-state index contributed by atoms with van der Waals surface area (Å²) in [5.74, 6) is 0. The smallest absolute Gasteiger partial charge is 0.184 e. The molecule has 0 radical (unpaired) electrons. The van der Waals surface area contributed by atoms with E-state index in [0.29, 0.717) is 0 Å². The normalized spacial score (nSPS) is 21.2. The molecule has 0 spiro atoms. The largest absolute Gasteiger partial charge is 0.211 e. The van der Waals surface area contributed by atoms with Gasteiger partial charge in [0.05, 0.1) is 0 Å². The highest BCUT2D eigenvalue weighted by Gasteiger charge is 2.50. The van der Waals surface area contributed by atoms with Crippen molar-refractivity contribution >= 4 is 32.2 Å². The molecule has 0 heterocycles. The van der Waals surface area contributed by atoms with Gasteiger partial charge in [0.1, 0.15) is 0 Å². The predicted molar refractivity (Wildman–Crippen MR) is 52.9 cm³/mol. The van der Waals surface area contributed by atoms with Crippen molar-refractivity contribution in [2.75, 3.05) is 0 Å². The minimum atomic E-state index is -4.78. The zero-order valence-electron chi connectivity index (χ0n) is 5.90. The minimum absolute atomic E-state index is 0.597. The molecule has 0 amide bonds. The maximum Gasteiger partial charge on any atom is 0.211 e. The van der Waals surface area contributed by atoms with Crippen LogP contribution in [0, 0.1) is 0 Å². The Kier molecular flexibility index (Phi) is 1.86. The Bertz CT molecular complexity index is 123. The second-order valence-electron chi connectivity index (χ2n) is 3.07. The first-order valence-electron chi connectivity index (χ1n) is 2.58. The van der Waals surface area contributed by atoms with Gasteiger partial charge >= 0.3 is 0 Å². The molecular formula is C3H13BF2P2S. The van der Waals surface area contributed by atoms with E-state index in [1.165, 1.54) is 13.8 Å². The van der Waals surface area contributed by atoms with Gasteiger partial charge in [0, 0.05) is 5.25 Å². The SMILES string of the molecule is BS(F)(F)(P)(P)C(C)C. The van der Waals surface area contributed by atoms with Crippen LogP contribution in [0.25, 0.3) is 0 Å². The summed E-state index contributed by atoms with van der Waals surface area (Å²) in [7, 11) is -0.378. The van der Waals surface area contributed by atoms with E-state index in [0.717, 1.165) is 7.12 Å². The van der Waals surface area contributed by atoms with Gasteiger partial charge in [0.25, 0.3) is 0 Å². The standard InChI is InChI=1S/C3H13BF2P2S/c1-3(2)9(4,5,6,7)8/h3H,4,7-8H2,1-2H3. The summed E-state index contributed by atoms with van der Waals surface area (Å²) in [4.78, 5) is 0. The average Bonchev–Trinajstić information content (AvgIpc) is 1.24. The molecule has 0 nitrogen and oxygen atoms in total. The van der Waals surface area contributed by atoms with E-state index in [2.05, 4.69) is 0 Å². The second-order valence-corrected chi connectivity index (χ2v) is 17.9. The van der Waals surface area contributed by atoms with Crippen LogP contribution in [0.3, 0.4) is 0 Å². The first kappa shape index (κ1) is 10.1. The van der Waals surface area contributed by atoms with Crippen LogP contribution in [0.1, 0.15) is 13.8 Å². The molecule has 6 heteroatoms. The number of halogens is 2. The van der Waals surface area contributed by atoms with Crippen LogP contribution in [0.15, 0.2) is 0 Å². The van der Waals surface area contributed by atoms with Crippen molar-refractivity contribution in [1.82, 2.24) is 0 Å². The Morgan fingerprint density at radius 1 is 1.33 bits per heavy atom. The van der Waals surface area contributed by atoms with Crippen molar-refractivity contribution in [1.29, 1.82) is 0 Å². The molecule has 0 saturated carbocycles. The van der Waals surface area contributed by atoms with E-state index < -0.39 is 13.4 Å². The quantitative estimate of drug-likeness (QED) is 0.441. The van der Waals surface area contributed by atoms with Gasteiger partial charge in [-0.25, -0.2) is 0 Å². The van der Waals surface area contributed by atoms with Crippen molar-refractivity contribution in [2.45, 2.75) is 19.1 Å². The van der Waals surface area contributed by atoms with Gasteiger partial charge in [-0.2, -0.15) is 7.77 Å². The highest BCUT2D eigenvalue weighted by molar-refractivity contribution is 9.18. The zero-order valence-corrected chi connectivity index (χ0v) is 9.02. The van der Waals surface area contributed by atoms with E-state index in [4.69, 9.17) is 0 Å². The van der Waals surface area contributed by atoms with Gasteiger partial charge in [-0.3, -0.25) is 0 Å². The van der Waals surface area contributed by atoms with Gasteiger partial charge < -0.3 is 0 Å². The van der Waals surface area contributed by atoms with Crippen LogP contribution in [0.5, 0.6) is 0 Å². The summed E-state index contributed by atoms with van der Waals surface area (Å²) in [6.07, 6.45) is 0. The third kappa shape index (κ3) is 3.75. The van der Waals surface area contributed by atoms with Gasteiger partial charge in [0.2, 0.25) is 7.12 Å². The molecule has 0 aromatic carbocycles. The van der Waals surface area contributed by atoms with Crippen LogP contribution in [0.2, 0.25) is 0 Å². The molecule has 58 valence electrons. The third-order valence-corrected chi connectivity index (χ3v) is 7.38. The fraction of sp³-hybridized carbons (Fsp3) is 1.00. The first-order valence-corrected chi connectivity index (χ1v) is 8.26. The number of rotatable bonds is 1. The summed E-state index contributed by atoms with van der Waals surface area (Å²) < 4.78 is 26.5. The third-order valence-electron chi connectivity index (χ3n) is 1.37. The fourth-order valence-electron chi connectivity index (χ4n) is 0. The first-order chi connectivity index (χ1) is 3.43. The number of hydrogen-bond acceptors (Lipinski definition) is 0. The highest BCUT2D eigenvalue weighted by Crippen LogP contribution is 3.03. The molecule has 0 aliphatic heterocycles. The summed E-state index contributed by atoms with van der Waals surface area (Å²) in [6, 6.07) is 0. The van der Waals surface area contributed by atoms with E-state index in [-0.39, 0.29) is 0 Å². The molecule has 0 aromatic rings. The molecule has 0 N–H and O–H groups in total. The highest BCUT2D eigenvalue weighted by atomic mass is 33.2. The Morgan fingerprint density at radius 3 is 1.44 bits per heavy atom. The zero-order chi connectivity index (χ0) is 7.99. The van der Waals surface area contributed by atoms with Crippen LogP contribution in [0.4, 0.5) is 7.77 Å². The van der Waals surface area contributed by atoms with Crippen molar-refractivity contribution in [3.05, 3.63) is 0 Å². The lowest BCUT2D eigenvalue weighted by Gasteiger charge is -2.59. The summed E-state index contributed by atoms with van der Waals surface area (Å²) in [5, 5.41) is -0.597. The molecule has 0 saturated heterocycles. The van der Waals surface area contributed by atoms with Crippen LogP contribution < -0.4 is 0 Å². The van der Waals surface area contributed by atoms with Gasteiger partial charge in [-0.05, 0) is 0 Å². The molecule has 2 unspecified atom stereocenters. The lowest BCUT2D eigenvalue weighted by atomic mass is 10.6. The Balaban J connectivity index is 4.76. The molecule has 2 atom stereocenters. The monoisotopic (exact) mass is 192 g/mol. The van der Waals surface area contributed by atoms with Crippen molar-refractivity contribution in [3.63, 3.8) is 0 Å². The summed E-state index contributed by atoms with van der Waals surface area (Å²) in [6.45, 7) is 3.06. The molecule has 0 aliphatic carbocycles. The van der Waals surface area contributed by atoms with E-state index in [9.17, 15) is 7.77 Å². The van der Waals surface area contributed by atoms with Crippen LogP contribution in [-0.2, 0) is 0 Å². The molecular weight excluding hydrogens is 179 g/mol. The van der Waals surface area contributed by atoms with E-state index in [1.54, 1.807) is 16.9 Å². The average molecular weight is 192 g/mol. The Hall–Kier alpha value is 1.13. The molecule has 9 heavy (non-hydrogen) atoms. The van der Waals surface area contributed by atoms with Crippen molar-refractivity contribution in [3.8, 4) is 0 Å². The minimum Gasteiger partial charge on any atom is -0.184 e.